The molecule has 7 heteroatoms. The van der Waals surface area contributed by atoms with Crippen LogP contribution in [0.1, 0.15) is 5.56 Å². The van der Waals surface area contributed by atoms with Crippen LogP contribution in [-0.2, 0) is 20.8 Å². The molecular weight excluding hydrogens is 266 g/mol. The van der Waals surface area contributed by atoms with Gasteiger partial charge in [0.2, 0.25) is 17.7 Å². The molecule has 102 valence electrons. The van der Waals surface area contributed by atoms with E-state index < -0.39 is 11.8 Å². The molecule has 0 saturated carbocycles. The lowest BCUT2D eigenvalue weighted by atomic mass is 10.1. The quantitative estimate of drug-likeness (QED) is 0.601. The van der Waals surface area contributed by atoms with Crippen molar-refractivity contribution in [3.63, 3.8) is 0 Å². The fourth-order valence-electron chi connectivity index (χ4n) is 1.51. The number of hydrogen-bond acceptors (Lipinski definition) is 4. The van der Waals surface area contributed by atoms with E-state index in [4.69, 9.17) is 11.5 Å². The minimum absolute atomic E-state index is 0.0641. The molecule has 1 aromatic rings. The SMILES string of the molecule is NC(=O)CN(CC(N)=O)C(=O)Cc1ccc(S)cc1. The molecule has 0 spiro atoms. The summed E-state index contributed by atoms with van der Waals surface area (Å²) in [7, 11) is 0. The topological polar surface area (TPSA) is 106 Å². The molecule has 6 nitrogen and oxygen atoms in total. The smallest absolute Gasteiger partial charge is 0.237 e. The largest absolute Gasteiger partial charge is 0.368 e. The fourth-order valence-corrected chi connectivity index (χ4v) is 1.66. The summed E-state index contributed by atoms with van der Waals surface area (Å²) in [5, 5.41) is 0. The molecule has 1 aromatic carbocycles. The minimum Gasteiger partial charge on any atom is -0.368 e. The third-order valence-corrected chi connectivity index (χ3v) is 2.64. The van der Waals surface area contributed by atoms with Gasteiger partial charge in [-0.1, -0.05) is 12.1 Å². The lowest BCUT2D eigenvalue weighted by Gasteiger charge is -2.19. The number of primary amides is 2. The molecule has 0 bridgehead atoms. The second kappa shape index (κ2) is 6.79. The Hall–Kier alpha value is -2.02. The van der Waals surface area contributed by atoms with Crippen molar-refractivity contribution in [1.82, 2.24) is 4.90 Å². The maximum atomic E-state index is 12.0. The zero-order chi connectivity index (χ0) is 14.4. The second-order valence-electron chi connectivity index (χ2n) is 4.03. The predicted octanol–water partition coefficient (Wildman–Crippen LogP) is -0.683. The van der Waals surface area contributed by atoms with E-state index in [9.17, 15) is 14.4 Å². The fraction of sp³-hybridized carbons (Fsp3) is 0.250. The Bertz CT molecular complexity index is 471. The van der Waals surface area contributed by atoms with E-state index in [0.29, 0.717) is 0 Å². The van der Waals surface area contributed by atoms with Crippen molar-refractivity contribution in [3.8, 4) is 0 Å². The van der Waals surface area contributed by atoms with Gasteiger partial charge in [0.1, 0.15) is 0 Å². The third kappa shape index (κ3) is 5.43. The number of carbonyl (C=O) groups is 3. The highest BCUT2D eigenvalue weighted by Gasteiger charge is 2.18. The molecule has 0 aliphatic heterocycles. The molecule has 0 unspecified atom stereocenters. The maximum Gasteiger partial charge on any atom is 0.237 e. The molecule has 0 aliphatic carbocycles. The van der Waals surface area contributed by atoms with Crippen molar-refractivity contribution in [2.45, 2.75) is 11.3 Å². The summed E-state index contributed by atoms with van der Waals surface area (Å²) in [5.74, 6) is -1.77. The van der Waals surface area contributed by atoms with Gasteiger partial charge in [-0.3, -0.25) is 14.4 Å². The van der Waals surface area contributed by atoms with Crippen molar-refractivity contribution in [2.24, 2.45) is 11.5 Å². The molecule has 0 radical (unpaired) electrons. The number of carbonyl (C=O) groups excluding carboxylic acids is 3. The minimum atomic E-state index is -0.694. The van der Waals surface area contributed by atoms with Gasteiger partial charge in [-0.05, 0) is 17.7 Å². The summed E-state index contributed by atoms with van der Waals surface area (Å²) in [6, 6.07) is 6.98. The Kier molecular flexibility index (Phi) is 5.37. The van der Waals surface area contributed by atoms with Gasteiger partial charge in [0.15, 0.2) is 0 Å². The van der Waals surface area contributed by atoms with Gasteiger partial charge in [-0.25, -0.2) is 0 Å². The summed E-state index contributed by atoms with van der Waals surface area (Å²) in [5.41, 5.74) is 10.8. The van der Waals surface area contributed by atoms with E-state index in [2.05, 4.69) is 12.6 Å². The summed E-state index contributed by atoms with van der Waals surface area (Å²) >= 11 is 4.14. The van der Waals surface area contributed by atoms with Gasteiger partial charge in [0, 0.05) is 4.90 Å². The van der Waals surface area contributed by atoms with Crippen molar-refractivity contribution in [2.75, 3.05) is 13.1 Å². The van der Waals surface area contributed by atoms with Crippen LogP contribution < -0.4 is 11.5 Å². The monoisotopic (exact) mass is 281 g/mol. The normalized spacial score (nSPS) is 9.95. The third-order valence-electron chi connectivity index (χ3n) is 2.34. The van der Waals surface area contributed by atoms with Gasteiger partial charge in [0.25, 0.3) is 0 Å². The molecule has 0 aromatic heterocycles. The summed E-state index contributed by atoms with van der Waals surface area (Å²) in [4.78, 5) is 35.5. The van der Waals surface area contributed by atoms with Crippen LogP contribution in [-0.4, -0.2) is 35.7 Å². The van der Waals surface area contributed by atoms with Crippen LogP contribution in [0.25, 0.3) is 0 Å². The van der Waals surface area contributed by atoms with E-state index >= 15 is 0 Å². The standard InChI is InChI=1S/C12H15N3O3S/c13-10(16)6-15(7-11(14)17)12(18)5-8-1-3-9(19)4-2-8/h1-4,19H,5-7H2,(H2,13,16)(H2,14,17). The molecule has 0 saturated heterocycles. The molecule has 0 atom stereocenters. The molecule has 3 amide bonds. The lowest BCUT2D eigenvalue weighted by molar-refractivity contribution is -0.137. The van der Waals surface area contributed by atoms with Crippen LogP contribution >= 0.6 is 12.6 Å². The molecular formula is C12H15N3O3S. The van der Waals surface area contributed by atoms with Crippen molar-refractivity contribution in [1.29, 1.82) is 0 Å². The number of benzene rings is 1. The lowest BCUT2D eigenvalue weighted by Crippen LogP contribution is -2.43. The van der Waals surface area contributed by atoms with Crippen LogP contribution in [0, 0.1) is 0 Å². The first-order valence-corrected chi connectivity index (χ1v) is 5.95. The van der Waals surface area contributed by atoms with Gasteiger partial charge in [-0.15, -0.1) is 12.6 Å². The van der Waals surface area contributed by atoms with E-state index in [0.717, 1.165) is 15.4 Å². The average Bonchev–Trinajstić information content (AvgIpc) is 2.30. The van der Waals surface area contributed by atoms with Crippen LogP contribution in [0.3, 0.4) is 0 Å². The van der Waals surface area contributed by atoms with Gasteiger partial charge in [-0.2, -0.15) is 0 Å². The number of hydrogen-bond donors (Lipinski definition) is 3. The van der Waals surface area contributed by atoms with Crippen molar-refractivity contribution >= 4 is 30.4 Å². The van der Waals surface area contributed by atoms with E-state index in [1.54, 1.807) is 24.3 Å². The number of rotatable bonds is 6. The molecule has 0 aliphatic rings. The highest BCUT2D eigenvalue weighted by molar-refractivity contribution is 7.80. The summed E-state index contributed by atoms with van der Waals surface area (Å²) < 4.78 is 0. The summed E-state index contributed by atoms with van der Waals surface area (Å²) in [6.07, 6.45) is 0.0641. The first kappa shape index (κ1) is 15.0. The van der Waals surface area contributed by atoms with E-state index in [-0.39, 0.29) is 25.4 Å². The van der Waals surface area contributed by atoms with Gasteiger partial charge in [0.05, 0.1) is 19.5 Å². The molecule has 19 heavy (non-hydrogen) atoms. The van der Waals surface area contributed by atoms with Gasteiger partial charge >= 0.3 is 0 Å². The number of amides is 3. The van der Waals surface area contributed by atoms with Crippen LogP contribution in [0.4, 0.5) is 0 Å². The maximum absolute atomic E-state index is 12.0. The second-order valence-corrected chi connectivity index (χ2v) is 4.54. The van der Waals surface area contributed by atoms with E-state index in [1.807, 2.05) is 0 Å². The van der Waals surface area contributed by atoms with Crippen LogP contribution in [0.2, 0.25) is 0 Å². The number of nitrogens with two attached hydrogens (primary N) is 2. The Morgan fingerprint density at radius 1 is 1.00 bits per heavy atom. The summed E-state index contributed by atoms with van der Waals surface area (Å²) in [6.45, 7) is -0.654. The Morgan fingerprint density at radius 3 is 1.89 bits per heavy atom. The Balaban J connectivity index is 2.73. The van der Waals surface area contributed by atoms with E-state index in [1.165, 1.54) is 0 Å². The highest BCUT2D eigenvalue weighted by atomic mass is 32.1. The first-order valence-electron chi connectivity index (χ1n) is 5.50. The van der Waals surface area contributed by atoms with Crippen molar-refractivity contribution in [3.05, 3.63) is 29.8 Å². The number of nitrogens with zero attached hydrogens (tertiary/aromatic N) is 1. The zero-order valence-electron chi connectivity index (χ0n) is 10.2. The Morgan fingerprint density at radius 2 is 1.47 bits per heavy atom. The first-order chi connectivity index (χ1) is 8.88. The molecule has 0 fully saturated rings. The highest BCUT2D eigenvalue weighted by Crippen LogP contribution is 2.09. The van der Waals surface area contributed by atoms with Gasteiger partial charge < -0.3 is 16.4 Å². The molecule has 1 rings (SSSR count). The van der Waals surface area contributed by atoms with Crippen LogP contribution in [0.5, 0.6) is 0 Å². The number of thiol groups is 1. The van der Waals surface area contributed by atoms with Crippen molar-refractivity contribution < 1.29 is 14.4 Å². The average molecular weight is 281 g/mol. The zero-order valence-corrected chi connectivity index (χ0v) is 11.1. The predicted molar refractivity (Wildman–Crippen MR) is 72.4 cm³/mol. The Labute approximate surface area is 116 Å². The van der Waals surface area contributed by atoms with Crippen LogP contribution in [0.15, 0.2) is 29.2 Å². The molecule has 4 N–H and O–H groups in total. The molecule has 0 heterocycles.